The van der Waals surface area contributed by atoms with Crippen molar-refractivity contribution in [2.45, 2.75) is 117 Å². The largest absolute Gasteiger partial charge is 0.390 e. The number of unbranched alkanes of at least 4 members (excludes halogenated alkanes) is 7. The summed E-state index contributed by atoms with van der Waals surface area (Å²) in [7, 11) is 0. The minimum absolute atomic E-state index is 0.393. The smallest absolute Gasteiger partial charge is 0.0673 e. The predicted octanol–water partition coefficient (Wildman–Crippen LogP) is 6.48. The highest BCUT2D eigenvalue weighted by molar-refractivity contribution is 4.84. The molecule has 0 saturated carbocycles. The van der Waals surface area contributed by atoms with Crippen LogP contribution in [0.25, 0.3) is 0 Å². The Kier molecular flexibility index (Phi) is 12.7. The van der Waals surface area contributed by atoms with E-state index in [0.29, 0.717) is 5.92 Å². The van der Waals surface area contributed by atoms with E-state index < -0.39 is 5.60 Å². The lowest BCUT2D eigenvalue weighted by atomic mass is 9.78. The Morgan fingerprint density at radius 3 is 1.80 bits per heavy atom. The molecule has 0 amide bonds. The molecular weight excluding hydrogens is 244 g/mol. The first kappa shape index (κ1) is 20.0. The third-order valence-corrected chi connectivity index (χ3v) is 4.83. The molecule has 0 aromatic heterocycles. The van der Waals surface area contributed by atoms with E-state index in [1.807, 2.05) is 0 Å². The zero-order valence-electron chi connectivity index (χ0n) is 14.7. The van der Waals surface area contributed by atoms with Gasteiger partial charge in [-0.2, -0.15) is 0 Å². The molecule has 0 aromatic rings. The number of hydrogen-bond donors (Lipinski definition) is 1. The lowest BCUT2D eigenvalue weighted by molar-refractivity contribution is -0.0345. The molecular formula is C19H40O. The van der Waals surface area contributed by atoms with Crippen molar-refractivity contribution in [3.8, 4) is 0 Å². The Morgan fingerprint density at radius 2 is 1.20 bits per heavy atom. The van der Waals surface area contributed by atoms with Gasteiger partial charge in [-0.25, -0.2) is 0 Å². The SMILES string of the molecule is CCCCCCCCC(O)(CCCC)C(C)CCCC. The molecule has 1 nitrogen and oxygen atoms in total. The fraction of sp³-hybridized carbons (Fsp3) is 1.00. The highest BCUT2D eigenvalue weighted by Crippen LogP contribution is 2.33. The molecule has 0 aliphatic carbocycles. The van der Waals surface area contributed by atoms with Crippen LogP contribution in [0, 0.1) is 5.92 Å². The number of rotatable bonds is 14. The van der Waals surface area contributed by atoms with Gasteiger partial charge in [0.05, 0.1) is 5.60 Å². The normalized spacial score (nSPS) is 16.1. The molecule has 1 heteroatoms. The molecule has 0 radical (unpaired) electrons. The van der Waals surface area contributed by atoms with Crippen LogP contribution < -0.4 is 0 Å². The molecule has 0 bridgehead atoms. The number of hydrogen-bond acceptors (Lipinski definition) is 1. The van der Waals surface area contributed by atoms with Gasteiger partial charge < -0.3 is 5.11 Å². The molecule has 0 aliphatic heterocycles. The van der Waals surface area contributed by atoms with Crippen molar-refractivity contribution in [2.24, 2.45) is 5.92 Å². The summed E-state index contributed by atoms with van der Waals surface area (Å²) in [4.78, 5) is 0. The summed E-state index contributed by atoms with van der Waals surface area (Å²) >= 11 is 0. The maximum absolute atomic E-state index is 11.0. The van der Waals surface area contributed by atoms with Gasteiger partial charge in [0, 0.05) is 0 Å². The Balaban J connectivity index is 4.10. The van der Waals surface area contributed by atoms with Crippen LogP contribution in [0.2, 0.25) is 0 Å². The fourth-order valence-corrected chi connectivity index (χ4v) is 3.09. The van der Waals surface area contributed by atoms with Crippen molar-refractivity contribution in [1.29, 1.82) is 0 Å². The van der Waals surface area contributed by atoms with Crippen LogP contribution in [-0.4, -0.2) is 10.7 Å². The van der Waals surface area contributed by atoms with E-state index in [1.165, 1.54) is 70.6 Å². The van der Waals surface area contributed by atoms with Crippen molar-refractivity contribution >= 4 is 0 Å². The average molecular weight is 285 g/mol. The number of aliphatic hydroxyl groups is 1. The van der Waals surface area contributed by atoms with Crippen LogP contribution in [0.5, 0.6) is 0 Å². The zero-order valence-corrected chi connectivity index (χ0v) is 14.7. The summed E-state index contributed by atoms with van der Waals surface area (Å²) in [6.45, 7) is 8.99. The van der Waals surface area contributed by atoms with E-state index in [2.05, 4.69) is 27.7 Å². The Hall–Kier alpha value is -0.0400. The van der Waals surface area contributed by atoms with E-state index in [9.17, 15) is 5.11 Å². The van der Waals surface area contributed by atoms with Gasteiger partial charge in [0.25, 0.3) is 0 Å². The van der Waals surface area contributed by atoms with E-state index in [-0.39, 0.29) is 0 Å². The summed E-state index contributed by atoms with van der Waals surface area (Å²) in [6.07, 6.45) is 16.0. The average Bonchev–Trinajstić information content (AvgIpc) is 2.46. The first-order valence-electron chi connectivity index (χ1n) is 9.33. The van der Waals surface area contributed by atoms with Crippen LogP contribution in [0.15, 0.2) is 0 Å². The monoisotopic (exact) mass is 284 g/mol. The van der Waals surface area contributed by atoms with Gasteiger partial charge in [-0.3, -0.25) is 0 Å². The highest BCUT2D eigenvalue weighted by atomic mass is 16.3. The van der Waals surface area contributed by atoms with Crippen molar-refractivity contribution in [3.63, 3.8) is 0 Å². The fourth-order valence-electron chi connectivity index (χ4n) is 3.09. The molecule has 20 heavy (non-hydrogen) atoms. The topological polar surface area (TPSA) is 20.2 Å². The van der Waals surface area contributed by atoms with Crippen LogP contribution in [0.4, 0.5) is 0 Å². The first-order valence-corrected chi connectivity index (χ1v) is 9.33. The quantitative estimate of drug-likeness (QED) is 0.362. The summed E-state index contributed by atoms with van der Waals surface area (Å²) in [5.41, 5.74) is -0.393. The molecule has 0 rings (SSSR count). The molecule has 0 saturated heterocycles. The van der Waals surface area contributed by atoms with E-state index in [0.717, 1.165) is 12.8 Å². The molecule has 122 valence electrons. The van der Waals surface area contributed by atoms with Gasteiger partial charge in [-0.1, -0.05) is 91.9 Å². The van der Waals surface area contributed by atoms with Crippen LogP contribution in [0.3, 0.4) is 0 Å². The maximum Gasteiger partial charge on any atom is 0.0673 e. The highest BCUT2D eigenvalue weighted by Gasteiger charge is 2.31. The lowest BCUT2D eigenvalue weighted by Crippen LogP contribution is -2.36. The van der Waals surface area contributed by atoms with Gasteiger partial charge in [0.2, 0.25) is 0 Å². The second kappa shape index (κ2) is 12.7. The molecule has 0 heterocycles. The molecule has 1 N–H and O–H groups in total. The zero-order chi connectivity index (χ0) is 15.3. The summed E-state index contributed by atoms with van der Waals surface area (Å²) in [5, 5.41) is 11.0. The van der Waals surface area contributed by atoms with Crippen molar-refractivity contribution in [1.82, 2.24) is 0 Å². The molecule has 0 fully saturated rings. The van der Waals surface area contributed by atoms with E-state index in [4.69, 9.17) is 0 Å². The standard InChI is InChI=1S/C19H40O/c1-5-8-11-12-13-14-17-19(20,16-10-7-3)18(4)15-9-6-2/h18,20H,5-17H2,1-4H3. The maximum atomic E-state index is 11.0. The molecule has 2 atom stereocenters. The van der Waals surface area contributed by atoms with E-state index in [1.54, 1.807) is 0 Å². The lowest BCUT2D eigenvalue weighted by Gasteiger charge is -2.35. The molecule has 0 spiro atoms. The molecule has 0 aliphatic rings. The Morgan fingerprint density at radius 1 is 0.700 bits per heavy atom. The van der Waals surface area contributed by atoms with Crippen molar-refractivity contribution in [3.05, 3.63) is 0 Å². The van der Waals surface area contributed by atoms with Crippen LogP contribution in [0.1, 0.15) is 111 Å². The van der Waals surface area contributed by atoms with Gasteiger partial charge in [-0.15, -0.1) is 0 Å². The van der Waals surface area contributed by atoms with Crippen LogP contribution >= 0.6 is 0 Å². The summed E-state index contributed by atoms with van der Waals surface area (Å²) in [5.74, 6) is 0.463. The minimum Gasteiger partial charge on any atom is -0.390 e. The van der Waals surface area contributed by atoms with Crippen molar-refractivity contribution in [2.75, 3.05) is 0 Å². The summed E-state index contributed by atoms with van der Waals surface area (Å²) < 4.78 is 0. The predicted molar refractivity (Wildman–Crippen MR) is 91.2 cm³/mol. The van der Waals surface area contributed by atoms with E-state index >= 15 is 0 Å². The van der Waals surface area contributed by atoms with Gasteiger partial charge >= 0.3 is 0 Å². The Bertz CT molecular complexity index is 202. The van der Waals surface area contributed by atoms with Crippen LogP contribution in [-0.2, 0) is 0 Å². The van der Waals surface area contributed by atoms with Gasteiger partial charge in [0.15, 0.2) is 0 Å². The third-order valence-electron chi connectivity index (χ3n) is 4.83. The Labute approximate surface area is 128 Å². The summed E-state index contributed by atoms with van der Waals surface area (Å²) in [6, 6.07) is 0. The first-order chi connectivity index (χ1) is 9.60. The minimum atomic E-state index is -0.393. The van der Waals surface area contributed by atoms with Crippen molar-refractivity contribution < 1.29 is 5.11 Å². The van der Waals surface area contributed by atoms with Gasteiger partial charge in [-0.05, 0) is 25.2 Å². The third kappa shape index (κ3) is 9.00. The second-order valence-corrected chi connectivity index (χ2v) is 6.77. The molecule has 0 aromatic carbocycles. The molecule has 2 unspecified atom stereocenters. The second-order valence-electron chi connectivity index (χ2n) is 6.77. The van der Waals surface area contributed by atoms with Gasteiger partial charge in [0.1, 0.15) is 0 Å².